The van der Waals surface area contributed by atoms with Crippen LogP contribution in [0.15, 0.2) is 12.2 Å². The number of carbonyl (C=O) groups is 1. The standard InChI is InChI=1S/C14H24N2O/c1-16(13-9-5-8-12(13)10-15)14(17)11-6-3-2-4-7-11/h2-3,11-13H,4-10,15H2,1H3. The van der Waals surface area contributed by atoms with Gasteiger partial charge in [-0.15, -0.1) is 0 Å². The average molecular weight is 236 g/mol. The molecular formula is C14H24N2O. The van der Waals surface area contributed by atoms with E-state index in [0.717, 1.165) is 25.7 Å². The summed E-state index contributed by atoms with van der Waals surface area (Å²) < 4.78 is 0. The zero-order valence-corrected chi connectivity index (χ0v) is 10.8. The lowest BCUT2D eigenvalue weighted by Gasteiger charge is -2.32. The minimum absolute atomic E-state index is 0.212. The van der Waals surface area contributed by atoms with Crippen LogP contribution in [-0.4, -0.2) is 30.4 Å². The van der Waals surface area contributed by atoms with E-state index in [1.165, 1.54) is 12.8 Å². The van der Waals surface area contributed by atoms with Gasteiger partial charge in [0.25, 0.3) is 0 Å². The van der Waals surface area contributed by atoms with Crippen molar-refractivity contribution in [3.63, 3.8) is 0 Å². The van der Waals surface area contributed by atoms with Crippen molar-refractivity contribution in [2.75, 3.05) is 13.6 Å². The first-order valence-corrected chi connectivity index (χ1v) is 6.85. The van der Waals surface area contributed by atoms with E-state index in [1.54, 1.807) is 0 Å². The zero-order chi connectivity index (χ0) is 12.3. The third-order valence-corrected chi connectivity index (χ3v) is 4.39. The summed E-state index contributed by atoms with van der Waals surface area (Å²) in [5.74, 6) is 1.06. The molecule has 3 unspecified atom stereocenters. The van der Waals surface area contributed by atoms with Gasteiger partial charge in [0.15, 0.2) is 0 Å². The minimum Gasteiger partial charge on any atom is -0.342 e. The lowest BCUT2D eigenvalue weighted by atomic mass is 9.92. The highest BCUT2D eigenvalue weighted by Gasteiger charge is 2.34. The molecule has 3 atom stereocenters. The molecule has 0 aromatic rings. The first kappa shape index (κ1) is 12.6. The first-order valence-electron chi connectivity index (χ1n) is 6.85. The third kappa shape index (κ3) is 2.71. The van der Waals surface area contributed by atoms with Gasteiger partial charge in [0.05, 0.1) is 0 Å². The quantitative estimate of drug-likeness (QED) is 0.761. The van der Waals surface area contributed by atoms with E-state index in [-0.39, 0.29) is 5.92 Å². The second-order valence-electron chi connectivity index (χ2n) is 5.42. The lowest BCUT2D eigenvalue weighted by Crippen LogP contribution is -2.44. The van der Waals surface area contributed by atoms with E-state index < -0.39 is 0 Å². The Labute approximate surface area is 104 Å². The number of hydrogen-bond acceptors (Lipinski definition) is 2. The van der Waals surface area contributed by atoms with E-state index in [9.17, 15) is 4.79 Å². The molecular weight excluding hydrogens is 212 g/mol. The predicted molar refractivity (Wildman–Crippen MR) is 69.4 cm³/mol. The molecule has 96 valence electrons. The Morgan fingerprint density at radius 2 is 2.18 bits per heavy atom. The van der Waals surface area contributed by atoms with Crippen molar-refractivity contribution in [3.05, 3.63) is 12.2 Å². The Balaban J connectivity index is 1.96. The highest BCUT2D eigenvalue weighted by atomic mass is 16.2. The highest BCUT2D eigenvalue weighted by molar-refractivity contribution is 5.79. The summed E-state index contributed by atoms with van der Waals surface area (Å²) in [6.45, 7) is 0.715. The molecule has 0 radical (unpaired) electrons. The van der Waals surface area contributed by atoms with Crippen molar-refractivity contribution in [2.24, 2.45) is 17.6 Å². The van der Waals surface area contributed by atoms with Gasteiger partial charge in [-0.3, -0.25) is 4.79 Å². The van der Waals surface area contributed by atoms with Gasteiger partial charge < -0.3 is 10.6 Å². The van der Waals surface area contributed by atoms with Crippen molar-refractivity contribution in [2.45, 2.75) is 44.6 Å². The summed E-state index contributed by atoms with van der Waals surface area (Å²) >= 11 is 0. The molecule has 0 bridgehead atoms. The highest BCUT2D eigenvalue weighted by Crippen LogP contribution is 2.30. The lowest BCUT2D eigenvalue weighted by molar-refractivity contribution is -0.137. The number of nitrogens with two attached hydrogens (primary N) is 1. The summed E-state index contributed by atoms with van der Waals surface area (Å²) in [5, 5.41) is 0. The number of nitrogens with zero attached hydrogens (tertiary/aromatic N) is 1. The zero-order valence-electron chi connectivity index (χ0n) is 10.8. The molecule has 0 spiro atoms. The van der Waals surface area contributed by atoms with Crippen LogP contribution in [0.5, 0.6) is 0 Å². The van der Waals surface area contributed by atoms with E-state index in [4.69, 9.17) is 5.73 Å². The van der Waals surface area contributed by atoms with Crippen molar-refractivity contribution >= 4 is 5.91 Å². The number of carbonyl (C=O) groups excluding carboxylic acids is 1. The van der Waals surface area contributed by atoms with E-state index in [1.807, 2.05) is 11.9 Å². The number of hydrogen-bond donors (Lipinski definition) is 1. The maximum absolute atomic E-state index is 12.4. The Morgan fingerprint density at radius 3 is 2.82 bits per heavy atom. The van der Waals surface area contributed by atoms with Gasteiger partial charge in [-0.1, -0.05) is 18.6 Å². The maximum Gasteiger partial charge on any atom is 0.226 e. The SMILES string of the molecule is CN(C(=O)C1CC=CCC1)C1CCCC1CN. The number of rotatable bonds is 3. The molecule has 1 saturated carbocycles. The molecule has 2 aliphatic rings. The summed E-state index contributed by atoms with van der Waals surface area (Å²) in [4.78, 5) is 14.4. The molecule has 0 aliphatic heterocycles. The average Bonchev–Trinajstić information content (AvgIpc) is 2.86. The summed E-state index contributed by atoms with van der Waals surface area (Å²) in [7, 11) is 1.97. The van der Waals surface area contributed by atoms with Crippen LogP contribution in [0.1, 0.15) is 38.5 Å². The fourth-order valence-electron chi connectivity index (χ4n) is 3.27. The van der Waals surface area contributed by atoms with Crippen LogP contribution >= 0.6 is 0 Å². The van der Waals surface area contributed by atoms with Crippen LogP contribution in [0.3, 0.4) is 0 Å². The van der Waals surface area contributed by atoms with Crippen LogP contribution < -0.4 is 5.73 Å². The van der Waals surface area contributed by atoms with Crippen LogP contribution in [0.2, 0.25) is 0 Å². The summed E-state index contributed by atoms with van der Waals surface area (Å²) in [6.07, 6.45) is 10.8. The van der Waals surface area contributed by atoms with Gasteiger partial charge in [-0.25, -0.2) is 0 Å². The van der Waals surface area contributed by atoms with Gasteiger partial charge in [0.1, 0.15) is 0 Å². The number of allylic oxidation sites excluding steroid dienone is 2. The molecule has 1 fully saturated rings. The molecule has 3 heteroatoms. The van der Waals surface area contributed by atoms with Gasteiger partial charge in [0, 0.05) is 19.0 Å². The first-order chi connectivity index (χ1) is 8.24. The summed E-state index contributed by atoms with van der Waals surface area (Å²) in [6, 6.07) is 0.387. The fraction of sp³-hybridized carbons (Fsp3) is 0.786. The Bertz CT molecular complexity index is 301. The van der Waals surface area contributed by atoms with Gasteiger partial charge in [0.2, 0.25) is 5.91 Å². The smallest absolute Gasteiger partial charge is 0.226 e. The Kier molecular flexibility index (Phi) is 4.21. The molecule has 0 saturated heterocycles. The second-order valence-corrected chi connectivity index (χ2v) is 5.42. The van der Waals surface area contributed by atoms with E-state index in [2.05, 4.69) is 12.2 Å². The predicted octanol–water partition coefficient (Wildman–Crippen LogP) is 1.93. The van der Waals surface area contributed by atoms with Crippen molar-refractivity contribution < 1.29 is 4.79 Å². The van der Waals surface area contributed by atoms with Gasteiger partial charge in [-0.2, -0.15) is 0 Å². The van der Waals surface area contributed by atoms with Crippen molar-refractivity contribution in [1.29, 1.82) is 0 Å². The van der Waals surface area contributed by atoms with E-state index in [0.29, 0.717) is 24.4 Å². The molecule has 0 aromatic carbocycles. The fourth-order valence-corrected chi connectivity index (χ4v) is 3.27. The molecule has 2 N–H and O–H groups in total. The molecule has 2 rings (SSSR count). The van der Waals surface area contributed by atoms with Crippen LogP contribution in [0.25, 0.3) is 0 Å². The van der Waals surface area contributed by atoms with Crippen LogP contribution in [0.4, 0.5) is 0 Å². The summed E-state index contributed by atoms with van der Waals surface area (Å²) in [5.41, 5.74) is 5.79. The molecule has 17 heavy (non-hydrogen) atoms. The largest absolute Gasteiger partial charge is 0.342 e. The number of amides is 1. The monoisotopic (exact) mass is 236 g/mol. The molecule has 1 amide bonds. The van der Waals surface area contributed by atoms with Crippen LogP contribution in [0, 0.1) is 11.8 Å². The van der Waals surface area contributed by atoms with Crippen LogP contribution in [-0.2, 0) is 4.79 Å². The minimum atomic E-state index is 0.212. The van der Waals surface area contributed by atoms with E-state index >= 15 is 0 Å². The molecule has 2 aliphatic carbocycles. The Morgan fingerprint density at radius 1 is 1.35 bits per heavy atom. The van der Waals surface area contributed by atoms with Crippen molar-refractivity contribution in [3.8, 4) is 0 Å². The second kappa shape index (κ2) is 5.67. The molecule has 0 heterocycles. The maximum atomic E-state index is 12.4. The third-order valence-electron chi connectivity index (χ3n) is 4.39. The Hall–Kier alpha value is -0.830. The molecule has 3 nitrogen and oxygen atoms in total. The van der Waals surface area contributed by atoms with Gasteiger partial charge in [-0.05, 0) is 44.6 Å². The molecule has 0 aromatic heterocycles. The normalized spacial score (nSPS) is 32.7. The van der Waals surface area contributed by atoms with Crippen molar-refractivity contribution in [1.82, 2.24) is 4.90 Å². The van der Waals surface area contributed by atoms with Gasteiger partial charge >= 0.3 is 0 Å². The topological polar surface area (TPSA) is 46.3 Å².